The first-order valence-electron chi connectivity index (χ1n) is 8.38. The topological polar surface area (TPSA) is 12.0 Å². The van der Waals surface area contributed by atoms with Crippen LogP contribution >= 0.6 is 0 Å². The van der Waals surface area contributed by atoms with Crippen molar-refractivity contribution in [1.82, 2.24) is 0 Å². The van der Waals surface area contributed by atoms with Crippen LogP contribution in [0.5, 0.6) is 0 Å². The SMILES string of the molecule is C=C(c1ccccc1)c1ccc(CC)cc1Nc1ccc(C)cc1. The second kappa shape index (κ2) is 7.18. The molecule has 0 fully saturated rings. The largest absolute Gasteiger partial charge is 0.355 e. The number of hydrogen-bond acceptors (Lipinski definition) is 1. The van der Waals surface area contributed by atoms with Gasteiger partial charge in [-0.2, -0.15) is 0 Å². The van der Waals surface area contributed by atoms with Crippen molar-refractivity contribution in [3.05, 3.63) is 102 Å². The Hall–Kier alpha value is -2.80. The molecule has 1 nitrogen and oxygen atoms in total. The van der Waals surface area contributed by atoms with Crippen LogP contribution in [-0.2, 0) is 6.42 Å². The van der Waals surface area contributed by atoms with Gasteiger partial charge in [0.05, 0.1) is 0 Å². The summed E-state index contributed by atoms with van der Waals surface area (Å²) < 4.78 is 0. The molecule has 0 saturated carbocycles. The molecule has 3 aromatic rings. The molecule has 1 N–H and O–H groups in total. The summed E-state index contributed by atoms with van der Waals surface area (Å²) in [5.74, 6) is 0. The molecule has 0 aliphatic heterocycles. The summed E-state index contributed by atoms with van der Waals surface area (Å²) >= 11 is 0. The Morgan fingerprint density at radius 2 is 1.62 bits per heavy atom. The number of rotatable bonds is 5. The maximum absolute atomic E-state index is 4.33. The van der Waals surface area contributed by atoms with E-state index < -0.39 is 0 Å². The molecule has 0 aliphatic rings. The van der Waals surface area contributed by atoms with Gasteiger partial charge in [-0.15, -0.1) is 0 Å². The van der Waals surface area contributed by atoms with Crippen LogP contribution in [-0.4, -0.2) is 0 Å². The van der Waals surface area contributed by atoms with Gasteiger partial charge in [-0.1, -0.05) is 73.7 Å². The summed E-state index contributed by atoms with van der Waals surface area (Å²) in [5, 5.41) is 3.56. The molecule has 0 bridgehead atoms. The molecular weight excluding hydrogens is 290 g/mol. The molecule has 0 saturated heterocycles. The number of hydrogen-bond donors (Lipinski definition) is 1. The van der Waals surface area contributed by atoms with Crippen LogP contribution in [0.3, 0.4) is 0 Å². The van der Waals surface area contributed by atoms with E-state index in [-0.39, 0.29) is 0 Å². The van der Waals surface area contributed by atoms with Crippen LogP contribution in [0, 0.1) is 6.92 Å². The number of nitrogens with one attached hydrogen (secondary N) is 1. The van der Waals surface area contributed by atoms with E-state index in [1.165, 1.54) is 11.1 Å². The maximum atomic E-state index is 4.33. The minimum absolute atomic E-state index is 1.01. The van der Waals surface area contributed by atoms with Crippen molar-refractivity contribution in [3.8, 4) is 0 Å². The number of benzene rings is 3. The van der Waals surface area contributed by atoms with Gasteiger partial charge in [0.2, 0.25) is 0 Å². The number of aryl methyl sites for hydroxylation is 2. The van der Waals surface area contributed by atoms with Crippen LogP contribution in [0.15, 0.2) is 79.4 Å². The van der Waals surface area contributed by atoms with Gasteiger partial charge in [0.25, 0.3) is 0 Å². The predicted octanol–water partition coefficient (Wildman–Crippen LogP) is 6.36. The van der Waals surface area contributed by atoms with Gasteiger partial charge in [0, 0.05) is 16.9 Å². The predicted molar refractivity (Wildman–Crippen MR) is 105 cm³/mol. The van der Waals surface area contributed by atoms with Crippen LogP contribution in [0.1, 0.15) is 29.2 Å². The van der Waals surface area contributed by atoms with Crippen molar-refractivity contribution in [2.75, 3.05) is 5.32 Å². The second-order valence-corrected chi connectivity index (χ2v) is 6.07. The van der Waals surface area contributed by atoms with E-state index in [1.807, 2.05) is 18.2 Å². The molecule has 3 rings (SSSR count). The molecule has 0 amide bonds. The lowest BCUT2D eigenvalue weighted by Gasteiger charge is -2.16. The third kappa shape index (κ3) is 3.57. The molecule has 120 valence electrons. The van der Waals surface area contributed by atoms with Crippen LogP contribution in [0.2, 0.25) is 0 Å². The highest BCUT2D eigenvalue weighted by atomic mass is 14.9. The first-order valence-corrected chi connectivity index (χ1v) is 8.38. The fourth-order valence-electron chi connectivity index (χ4n) is 2.77. The lowest BCUT2D eigenvalue weighted by atomic mass is 9.96. The zero-order valence-corrected chi connectivity index (χ0v) is 14.3. The van der Waals surface area contributed by atoms with E-state index >= 15 is 0 Å². The Morgan fingerprint density at radius 3 is 2.29 bits per heavy atom. The third-order valence-electron chi connectivity index (χ3n) is 4.27. The Morgan fingerprint density at radius 1 is 0.917 bits per heavy atom. The highest BCUT2D eigenvalue weighted by Gasteiger charge is 2.09. The van der Waals surface area contributed by atoms with E-state index in [0.29, 0.717) is 0 Å². The van der Waals surface area contributed by atoms with Crippen LogP contribution in [0.4, 0.5) is 11.4 Å². The lowest BCUT2D eigenvalue weighted by Crippen LogP contribution is -1.98. The molecule has 3 aromatic carbocycles. The van der Waals surface area contributed by atoms with Gasteiger partial charge in [-0.25, -0.2) is 0 Å². The molecule has 1 heteroatoms. The van der Waals surface area contributed by atoms with E-state index in [9.17, 15) is 0 Å². The smallest absolute Gasteiger partial charge is 0.0466 e. The van der Waals surface area contributed by atoms with Crippen molar-refractivity contribution < 1.29 is 0 Å². The summed E-state index contributed by atoms with van der Waals surface area (Å²) in [6.45, 7) is 8.61. The Labute approximate surface area is 144 Å². The van der Waals surface area contributed by atoms with Gasteiger partial charge in [0.1, 0.15) is 0 Å². The average Bonchev–Trinajstić information content (AvgIpc) is 2.63. The summed E-state index contributed by atoms with van der Waals surface area (Å²) in [6, 6.07) is 25.4. The van der Waals surface area contributed by atoms with Gasteiger partial charge >= 0.3 is 0 Å². The van der Waals surface area contributed by atoms with Crippen molar-refractivity contribution in [1.29, 1.82) is 0 Å². The molecule has 0 aliphatic carbocycles. The van der Waals surface area contributed by atoms with Gasteiger partial charge in [-0.05, 0) is 48.2 Å². The van der Waals surface area contributed by atoms with Crippen LogP contribution in [0.25, 0.3) is 5.57 Å². The fraction of sp³-hybridized carbons (Fsp3) is 0.130. The molecule has 0 unspecified atom stereocenters. The van der Waals surface area contributed by atoms with Crippen LogP contribution < -0.4 is 5.32 Å². The summed E-state index contributed by atoms with van der Waals surface area (Å²) in [4.78, 5) is 0. The molecule has 0 radical (unpaired) electrons. The maximum Gasteiger partial charge on any atom is 0.0466 e. The zero-order chi connectivity index (χ0) is 16.9. The number of anilines is 2. The summed E-state index contributed by atoms with van der Waals surface area (Å²) in [6.07, 6.45) is 1.01. The van der Waals surface area contributed by atoms with Gasteiger partial charge in [-0.3, -0.25) is 0 Å². The first kappa shape index (κ1) is 16.1. The van der Waals surface area contributed by atoms with Crippen molar-refractivity contribution in [2.24, 2.45) is 0 Å². The minimum atomic E-state index is 1.01. The standard InChI is InChI=1S/C23H23N/c1-4-19-12-15-22(18(3)20-8-6-5-7-9-20)23(16-19)24-21-13-10-17(2)11-14-21/h5-16,24H,3-4H2,1-2H3. The first-order chi connectivity index (χ1) is 11.7. The Kier molecular flexibility index (Phi) is 4.81. The molecular formula is C23H23N. The van der Waals surface area contributed by atoms with Gasteiger partial charge < -0.3 is 5.32 Å². The monoisotopic (exact) mass is 313 g/mol. The van der Waals surface area contributed by atoms with E-state index in [1.54, 1.807) is 0 Å². The molecule has 0 spiro atoms. The quantitative estimate of drug-likeness (QED) is 0.577. The highest BCUT2D eigenvalue weighted by Crippen LogP contribution is 2.31. The van der Waals surface area contributed by atoms with Crippen molar-refractivity contribution >= 4 is 16.9 Å². The third-order valence-corrected chi connectivity index (χ3v) is 4.27. The molecule has 0 heterocycles. The zero-order valence-electron chi connectivity index (χ0n) is 14.3. The second-order valence-electron chi connectivity index (χ2n) is 6.07. The Balaban J connectivity index is 1.99. The van der Waals surface area contributed by atoms with E-state index in [4.69, 9.17) is 0 Å². The minimum Gasteiger partial charge on any atom is -0.355 e. The normalized spacial score (nSPS) is 10.4. The van der Waals surface area contributed by atoms with E-state index in [2.05, 4.69) is 80.3 Å². The van der Waals surface area contributed by atoms with E-state index in [0.717, 1.165) is 34.5 Å². The highest BCUT2D eigenvalue weighted by molar-refractivity contribution is 5.86. The molecule has 0 atom stereocenters. The fourth-order valence-corrected chi connectivity index (χ4v) is 2.77. The van der Waals surface area contributed by atoms with Crippen molar-refractivity contribution in [2.45, 2.75) is 20.3 Å². The molecule has 24 heavy (non-hydrogen) atoms. The van der Waals surface area contributed by atoms with Crippen molar-refractivity contribution in [3.63, 3.8) is 0 Å². The summed E-state index contributed by atoms with van der Waals surface area (Å²) in [7, 11) is 0. The Bertz CT molecular complexity index is 830. The van der Waals surface area contributed by atoms with Gasteiger partial charge in [0.15, 0.2) is 0 Å². The average molecular weight is 313 g/mol. The summed E-state index contributed by atoms with van der Waals surface area (Å²) in [5.41, 5.74) is 8.09. The lowest BCUT2D eigenvalue weighted by molar-refractivity contribution is 1.14. The molecule has 0 aromatic heterocycles.